The first-order valence-electron chi connectivity index (χ1n) is 5.64. The first kappa shape index (κ1) is 12.8. The molecule has 88 valence electrons. The van der Waals surface area contributed by atoms with Gasteiger partial charge in [-0.15, -0.1) is 11.6 Å². The second-order valence-electron chi connectivity index (χ2n) is 4.77. The largest absolute Gasteiger partial charge is 0.353 e. The summed E-state index contributed by atoms with van der Waals surface area (Å²) < 4.78 is 0. The molecule has 1 rings (SSSR count). The number of rotatable bonds is 4. The number of nitrogens with zero attached hydrogens (tertiary/aromatic N) is 1. The van der Waals surface area contributed by atoms with Crippen LogP contribution in [0.3, 0.4) is 0 Å². The first-order valence-corrected chi connectivity index (χ1v) is 6.17. The van der Waals surface area contributed by atoms with Gasteiger partial charge < -0.3 is 5.32 Å². The van der Waals surface area contributed by atoms with E-state index in [9.17, 15) is 4.79 Å². The van der Waals surface area contributed by atoms with Crippen LogP contribution in [0.5, 0.6) is 0 Å². The lowest BCUT2D eigenvalue weighted by Gasteiger charge is -2.41. The Bertz CT molecular complexity index is 213. The van der Waals surface area contributed by atoms with E-state index in [1.807, 2.05) is 0 Å². The van der Waals surface area contributed by atoms with E-state index in [-0.39, 0.29) is 17.3 Å². The number of piperidine rings is 1. The molecule has 1 N–H and O–H groups in total. The topological polar surface area (TPSA) is 32.3 Å². The monoisotopic (exact) mass is 232 g/mol. The highest BCUT2D eigenvalue weighted by atomic mass is 35.5. The van der Waals surface area contributed by atoms with E-state index in [4.69, 9.17) is 11.6 Å². The standard InChI is InChI=1S/C11H21ClN2O/c1-11(2,9-13-10(15)8-12)14-6-4-3-5-7-14/h3-9H2,1-2H3,(H,13,15). The lowest BCUT2D eigenvalue weighted by molar-refractivity contribution is -0.119. The van der Waals surface area contributed by atoms with Gasteiger partial charge in [0.05, 0.1) is 0 Å². The number of amides is 1. The second kappa shape index (κ2) is 5.71. The predicted molar refractivity (Wildman–Crippen MR) is 63.2 cm³/mol. The summed E-state index contributed by atoms with van der Waals surface area (Å²) in [5, 5.41) is 2.86. The molecule has 0 bridgehead atoms. The van der Waals surface area contributed by atoms with Crippen molar-refractivity contribution in [3.63, 3.8) is 0 Å². The maximum Gasteiger partial charge on any atom is 0.234 e. The quantitative estimate of drug-likeness (QED) is 0.747. The number of hydrogen-bond acceptors (Lipinski definition) is 2. The molecule has 0 unspecified atom stereocenters. The number of halogens is 1. The third-order valence-corrected chi connectivity index (χ3v) is 3.29. The minimum atomic E-state index is -0.0817. The van der Waals surface area contributed by atoms with Gasteiger partial charge in [-0.25, -0.2) is 0 Å². The Morgan fingerprint density at radius 1 is 1.33 bits per heavy atom. The van der Waals surface area contributed by atoms with Gasteiger partial charge in [0.25, 0.3) is 0 Å². The first-order chi connectivity index (χ1) is 7.06. The lowest BCUT2D eigenvalue weighted by atomic mass is 9.98. The van der Waals surface area contributed by atoms with Crippen molar-refractivity contribution >= 4 is 17.5 Å². The molecular formula is C11H21ClN2O. The Kier molecular flexibility index (Phi) is 4.87. The third kappa shape index (κ3) is 3.99. The summed E-state index contributed by atoms with van der Waals surface area (Å²) in [5.41, 5.74) is 0.0438. The summed E-state index contributed by atoms with van der Waals surface area (Å²) in [5.74, 6) is -0.0300. The molecule has 0 atom stereocenters. The molecular weight excluding hydrogens is 212 g/mol. The molecule has 4 heteroatoms. The molecule has 1 heterocycles. The van der Waals surface area contributed by atoms with Gasteiger partial charge in [-0.2, -0.15) is 0 Å². The smallest absolute Gasteiger partial charge is 0.234 e. The zero-order valence-electron chi connectivity index (χ0n) is 9.68. The predicted octanol–water partition coefficient (Wildman–Crippen LogP) is 1.61. The van der Waals surface area contributed by atoms with Gasteiger partial charge in [-0.1, -0.05) is 6.42 Å². The Morgan fingerprint density at radius 3 is 2.47 bits per heavy atom. The third-order valence-electron chi connectivity index (χ3n) is 3.05. The number of hydrogen-bond donors (Lipinski definition) is 1. The number of likely N-dealkylation sites (tertiary alicyclic amines) is 1. The highest BCUT2D eigenvalue weighted by molar-refractivity contribution is 6.27. The molecule has 1 aliphatic rings. The van der Waals surface area contributed by atoms with Crippen molar-refractivity contribution in [1.29, 1.82) is 0 Å². The molecule has 1 saturated heterocycles. The van der Waals surface area contributed by atoms with Crippen LogP contribution in [0.25, 0.3) is 0 Å². The fraction of sp³-hybridized carbons (Fsp3) is 0.909. The van der Waals surface area contributed by atoms with Gasteiger partial charge in [0.15, 0.2) is 0 Å². The molecule has 1 aliphatic heterocycles. The fourth-order valence-corrected chi connectivity index (χ4v) is 2.07. The Labute approximate surface area is 97.2 Å². The van der Waals surface area contributed by atoms with E-state index in [2.05, 4.69) is 24.1 Å². The Balaban J connectivity index is 2.38. The van der Waals surface area contributed by atoms with Crippen molar-refractivity contribution in [3.8, 4) is 0 Å². The van der Waals surface area contributed by atoms with Crippen LogP contribution in [-0.4, -0.2) is 41.9 Å². The number of carbonyl (C=O) groups excluding carboxylic acids is 1. The second-order valence-corrected chi connectivity index (χ2v) is 5.04. The molecule has 0 aromatic heterocycles. The van der Waals surface area contributed by atoms with E-state index in [0.717, 1.165) is 13.1 Å². The van der Waals surface area contributed by atoms with Crippen LogP contribution >= 0.6 is 11.6 Å². The van der Waals surface area contributed by atoms with Crippen LogP contribution in [0.4, 0.5) is 0 Å². The zero-order valence-corrected chi connectivity index (χ0v) is 10.4. The molecule has 0 radical (unpaired) electrons. The molecule has 0 aromatic carbocycles. The molecule has 3 nitrogen and oxygen atoms in total. The van der Waals surface area contributed by atoms with Gasteiger partial charge in [-0.3, -0.25) is 9.69 Å². The maximum atomic E-state index is 11.1. The summed E-state index contributed by atoms with van der Waals surface area (Å²) in [7, 11) is 0. The highest BCUT2D eigenvalue weighted by Crippen LogP contribution is 2.19. The number of carbonyl (C=O) groups is 1. The molecule has 1 fully saturated rings. The lowest BCUT2D eigenvalue weighted by Crippen LogP contribution is -2.53. The van der Waals surface area contributed by atoms with Crippen LogP contribution in [0.15, 0.2) is 0 Å². The van der Waals surface area contributed by atoms with E-state index in [1.54, 1.807) is 0 Å². The van der Waals surface area contributed by atoms with E-state index in [1.165, 1.54) is 19.3 Å². The summed E-state index contributed by atoms with van der Waals surface area (Å²) in [6.45, 7) is 7.31. The molecule has 0 aromatic rings. The Morgan fingerprint density at radius 2 is 1.93 bits per heavy atom. The van der Waals surface area contributed by atoms with Gasteiger partial charge in [0.2, 0.25) is 5.91 Å². The van der Waals surface area contributed by atoms with E-state index < -0.39 is 0 Å². The molecule has 0 saturated carbocycles. The summed E-state index contributed by atoms with van der Waals surface area (Å²) in [4.78, 5) is 13.5. The van der Waals surface area contributed by atoms with Crippen molar-refractivity contribution < 1.29 is 4.79 Å². The SMILES string of the molecule is CC(C)(CNC(=O)CCl)N1CCCCC1. The maximum absolute atomic E-state index is 11.1. The van der Waals surface area contributed by atoms with Gasteiger partial charge in [-0.05, 0) is 39.8 Å². The van der Waals surface area contributed by atoms with Crippen molar-refractivity contribution in [2.24, 2.45) is 0 Å². The summed E-state index contributed by atoms with van der Waals surface area (Å²) in [6.07, 6.45) is 3.88. The van der Waals surface area contributed by atoms with Crippen LogP contribution in [-0.2, 0) is 4.79 Å². The molecule has 0 spiro atoms. The zero-order chi connectivity index (χ0) is 11.3. The highest BCUT2D eigenvalue weighted by Gasteiger charge is 2.27. The van der Waals surface area contributed by atoms with Crippen LogP contribution in [0.1, 0.15) is 33.1 Å². The number of nitrogens with one attached hydrogen (secondary N) is 1. The van der Waals surface area contributed by atoms with Crippen molar-refractivity contribution in [2.75, 3.05) is 25.5 Å². The minimum Gasteiger partial charge on any atom is -0.353 e. The van der Waals surface area contributed by atoms with E-state index >= 15 is 0 Å². The summed E-state index contributed by atoms with van der Waals surface area (Å²) in [6, 6.07) is 0. The van der Waals surface area contributed by atoms with Crippen LogP contribution < -0.4 is 5.32 Å². The average molecular weight is 233 g/mol. The van der Waals surface area contributed by atoms with Crippen LogP contribution in [0, 0.1) is 0 Å². The molecule has 15 heavy (non-hydrogen) atoms. The van der Waals surface area contributed by atoms with E-state index in [0.29, 0.717) is 6.54 Å². The average Bonchev–Trinajstić information content (AvgIpc) is 2.27. The normalized spacial score (nSPS) is 18.9. The van der Waals surface area contributed by atoms with Gasteiger partial charge in [0, 0.05) is 12.1 Å². The number of alkyl halides is 1. The van der Waals surface area contributed by atoms with Gasteiger partial charge >= 0.3 is 0 Å². The fourth-order valence-electron chi connectivity index (χ4n) is 1.97. The Hall–Kier alpha value is -0.280. The van der Waals surface area contributed by atoms with Gasteiger partial charge in [0.1, 0.15) is 5.88 Å². The van der Waals surface area contributed by atoms with Crippen molar-refractivity contribution in [3.05, 3.63) is 0 Å². The van der Waals surface area contributed by atoms with Crippen LogP contribution in [0.2, 0.25) is 0 Å². The molecule has 0 aliphatic carbocycles. The van der Waals surface area contributed by atoms with Crippen molar-refractivity contribution in [1.82, 2.24) is 10.2 Å². The molecule has 1 amide bonds. The van der Waals surface area contributed by atoms with Crippen molar-refractivity contribution in [2.45, 2.75) is 38.6 Å². The minimum absolute atomic E-state index is 0.0438. The summed E-state index contributed by atoms with van der Waals surface area (Å²) >= 11 is 5.44.